The lowest BCUT2D eigenvalue weighted by atomic mass is 10.0. The number of hydrogen-bond acceptors (Lipinski definition) is 5. The van der Waals surface area contributed by atoms with Crippen LogP contribution in [0.25, 0.3) is 22.0 Å². The third-order valence-corrected chi connectivity index (χ3v) is 6.25. The third kappa shape index (κ3) is 4.68. The lowest BCUT2D eigenvalue weighted by Crippen LogP contribution is -2.58. The van der Waals surface area contributed by atoms with Gasteiger partial charge in [-0.1, -0.05) is 61.8 Å². The molecule has 1 fully saturated rings. The van der Waals surface area contributed by atoms with Gasteiger partial charge < -0.3 is 15.5 Å². The largest absolute Gasteiger partial charge is 0.351 e. The van der Waals surface area contributed by atoms with Crippen molar-refractivity contribution >= 4 is 46.5 Å². The standard InChI is InChI=1S/C24H28ClN5O.ClH/c1-15(2)21(26)24(31)30-13-12-29(14-16(30)3)23-20-7-5-4-6-19(20)22(27-28-23)17-8-10-18(25)11-9-17;/h4-11,15-16,21H,12-14,26H2,1-3H3;1H/t16-,21-;/m0./s1. The maximum atomic E-state index is 12.8. The van der Waals surface area contributed by atoms with Crippen LogP contribution >= 0.6 is 24.0 Å². The quantitative estimate of drug-likeness (QED) is 0.607. The SMILES string of the molecule is CC(C)[C@H](N)C(=O)N1CCN(c2nnc(-c3ccc(Cl)cc3)c3ccccc23)C[C@@H]1C.Cl. The van der Waals surface area contributed by atoms with Gasteiger partial charge in [0.1, 0.15) is 5.69 Å². The van der Waals surface area contributed by atoms with Crippen molar-refractivity contribution in [1.82, 2.24) is 15.1 Å². The van der Waals surface area contributed by atoms with Crippen LogP contribution in [0.15, 0.2) is 48.5 Å². The van der Waals surface area contributed by atoms with E-state index in [1.807, 2.05) is 55.1 Å². The Morgan fingerprint density at radius 1 is 1.06 bits per heavy atom. The van der Waals surface area contributed by atoms with Crippen molar-refractivity contribution in [2.45, 2.75) is 32.9 Å². The molecule has 1 aliphatic rings. The summed E-state index contributed by atoms with van der Waals surface area (Å²) in [5, 5.41) is 12.0. The average molecular weight is 474 g/mol. The molecule has 3 aromatic rings. The Hall–Kier alpha value is -2.41. The van der Waals surface area contributed by atoms with Gasteiger partial charge in [-0.2, -0.15) is 0 Å². The van der Waals surface area contributed by atoms with Crippen LogP contribution in [0.4, 0.5) is 5.82 Å². The van der Waals surface area contributed by atoms with E-state index in [-0.39, 0.29) is 30.3 Å². The molecule has 0 unspecified atom stereocenters. The maximum absolute atomic E-state index is 12.8. The Kier molecular flexibility index (Phi) is 7.59. The topological polar surface area (TPSA) is 75.4 Å². The molecule has 0 saturated carbocycles. The molecular weight excluding hydrogens is 445 g/mol. The highest BCUT2D eigenvalue weighted by molar-refractivity contribution is 6.30. The monoisotopic (exact) mass is 473 g/mol. The van der Waals surface area contributed by atoms with E-state index < -0.39 is 6.04 Å². The molecule has 1 saturated heterocycles. The van der Waals surface area contributed by atoms with E-state index in [1.165, 1.54) is 0 Å². The number of rotatable bonds is 4. The number of nitrogens with zero attached hydrogens (tertiary/aromatic N) is 4. The van der Waals surface area contributed by atoms with Crippen LogP contribution in [0.5, 0.6) is 0 Å². The van der Waals surface area contributed by atoms with Crippen molar-refractivity contribution in [3.8, 4) is 11.3 Å². The Morgan fingerprint density at radius 2 is 1.72 bits per heavy atom. The van der Waals surface area contributed by atoms with Crippen molar-refractivity contribution in [3.63, 3.8) is 0 Å². The number of fused-ring (bicyclic) bond motifs is 1. The lowest BCUT2D eigenvalue weighted by molar-refractivity contribution is -0.136. The summed E-state index contributed by atoms with van der Waals surface area (Å²) in [5.41, 5.74) is 7.93. The molecule has 0 aliphatic carbocycles. The Labute approximate surface area is 200 Å². The van der Waals surface area contributed by atoms with Gasteiger partial charge in [0.05, 0.1) is 6.04 Å². The average Bonchev–Trinajstić information content (AvgIpc) is 2.78. The highest BCUT2D eigenvalue weighted by atomic mass is 35.5. The molecule has 32 heavy (non-hydrogen) atoms. The van der Waals surface area contributed by atoms with Gasteiger partial charge in [-0.25, -0.2) is 0 Å². The molecule has 1 aromatic heterocycles. The highest BCUT2D eigenvalue weighted by Crippen LogP contribution is 2.32. The van der Waals surface area contributed by atoms with Gasteiger partial charge in [-0.3, -0.25) is 4.79 Å². The van der Waals surface area contributed by atoms with E-state index in [1.54, 1.807) is 0 Å². The minimum Gasteiger partial charge on any atom is -0.351 e. The summed E-state index contributed by atoms with van der Waals surface area (Å²) in [4.78, 5) is 16.9. The molecular formula is C24H29Cl2N5O. The summed E-state index contributed by atoms with van der Waals surface area (Å²) in [6.45, 7) is 8.03. The number of amides is 1. The molecule has 1 aliphatic heterocycles. The second kappa shape index (κ2) is 10.0. The lowest BCUT2D eigenvalue weighted by Gasteiger charge is -2.41. The maximum Gasteiger partial charge on any atom is 0.240 e. The second-order valence-corrected chi connectivity index (χ2v) is 8.96. The summed E-state index contributed by atoms with van der Waals surface area (Å²) in [6.07, 6.45) is 0. The van der Waals surface area contributed by atoms with Gasteiger partial charge in [-0.05, 0) is 25.0 Å². The smallest absolute Gasteiger partial charge is 0.240 e. The zero-order valence-electron chi connectivity index (χ0n) is 18.5. The molecule has 2 N–H and O–H groups in total. The van der Waals surface area contributed by atoms with Gasteiger partial charge in [0.2, 0.25) is 5.91 Å². The molecule has 8 heteroatoms. The van der Waals surface area contributed by atoms with Gasteiger partial charge in [0.15, 0.2) is 5.82 Å². The predicted molar refractivity (Wildman–Crippen MR) is 133 cm³/mol. The molecule has 0 bridgehead atoms. The van der Waals surface area contributed by atoms with Crippen molar-refractivity contribution in [1.29, 1.82) is 0 Å². The van der Waals surface area contributed by atoms with E-state index in [0.29, 0.717) is 24.7 Å². The summed E-state index contributed by atoms with van der Waals surface area (Å²) in [6, 6.07) is 15.4. The van der Waals surface area contributed by atoms with Crippen LogP contribution in [0.1, 0.15) is 20.8 Å². The van der Waals surface area contributed by atoms with Crippen LogP contribution in [0.3, 0.4) is 0 Å². The Balaban J connectivity index is 0.00000289. The summed E-state index contributed by atoms with van der Waals surface area (Å²) in [7, 11) is 0. The summed E-state index contributed by atoms with van der Waals surface area (Å²) >= 11 is 6.05. The fourth-order valence-electron chi connectivity index (χ4n) is 4.10. The van der Waals surface area contributed by atoms with Crippen LogP contribution in [0, 0.1) is 5.92 Å². The molecule has 2 aromatic carbocycles. The van der Waals surface area contributed by atoms with Crippen LogP contribution < -0.4 is 10.6 Å². The first-order chi connectivity index (χ1) is 14.9. The third-order valence-electron chi connectivity index (χ3n) is 6.00. The van der Waals surface area contributed by atoms with Crippen molar-refractivity contribution in [2.75, 3.05) is 24.5 Å². The molecule has 0 radical (unpaired) electrons. The fourth-order valence-corrected chi connectivity index (χ4v) is 4.22. The predicted octanol–water partition coefficient (Wildman–Crippen LogP) is 4.39. The normalized spacial score (nSPS) is 17.4. The van der Waals surface area contributed by atoms with Crippen LogP contribution in [-0.2, 0) is 4.79 Å². The van der Waals surface area contributed by atoms with Crippen molar-refractivity contribution in [3.05, 3.63) is 53.6 Å². The number of aromatic nitrogens is 2. The molecule has 170 valence electrons. The number of halogens is 2. The fraction of sp³-hybridized carbons (Fsp3) is 0.375. The van der Waals surface area contributed by atoms with E-state index >= 15 is 0 Å². The van der Waals surface area contributed by atoms with Gasteiger partial charge >= 0.3 is 0 Å². The Morgan fingerprint density at radius 3 is 2.34 bits per heavy atom. The second-order valence-electron chi connectivity index (χ2n) is 8.52. The first kappa shape index (κ1) is 24.2. The number of hydrogen-bond donors (Lipinski definition) is 1. The molecule has 2 heterocycles. The van der Waals surface area contributed by atoms with E-state index in [4.69, 9.17) is 17.3 Å². The minimum atomic E-state index is -0.465. The molecule has 0 spiro atoms. The van der Waals surface area contributed by atoms with Crippen LogP contribution in [-0.4, -0.2) is 52.7 Å². The number of carbonyl (C=O) groups excluding carboxylic acids is 1. The van der Waals surface area contributed by atoms with E-state index in [9.17, 15) is 4.79 Å². The van der Waals surface area contributed by atoms with Gasteiger partial charge in [0, 0.05) is 47.0 Å². The number of benzene rings is 2. The summed E-state index contributed by atoms with van der Waals surface area (Å²) in [5.74, 6) is 0.990. The molecule has 1 amide bonds. The molecule has 6 nitrogen and oxygen atoms in total. The molecule has 4 rings (SSSR count). The number of piperazine rings is 1. The Bertz CT molecular complexity index is 1090. The van der Waals surface area contributed by atoms with Crippen LogP contribution in [0.2, 0.25) is 5.02 Å². The highest BCUT2D eigenvalue weighted by Gasteiger charge is 2.32. The zero-order valence-corrected chi connectivity index (χ0v) is 20.1. The zero-order chi connectivity index (χ0) is 22.1. The first-order valence-corrected chi connectivity index (χ1v) is 11.1. The minimum absolute atomic E-state index is 0. The van der Waals surface area contributed by atoms with Gasteiger partial charge in [0.25, 0.3) is 0 Å². The van der Waals surface area contributed by atoms with E-state index in [0.717, 1.165) is 27.8 Å². The van der Waals surface area contributed by atoms with Crippen molar-refractivity contribution < 1.29 is 4.79 Å². The van der Waals surface area contributed by atoms with Crippen molar-refractivity contribution in [2.24, 2.45) is 11.7 Å². The summed E-state index contributed by atoms with van der Waals surface area (Å²) < 4.78 is 0. The molecule has 2 atom stereocenters. The van der Waals surface area contributed by atoms with Gasteiger partial charge in [-0.15, -0.1) is 22.6 Å². The van der Waals surface area contributed by atoms with E-state index in [2.05, 4.69) is 34.2 Å². The first-order valence-electron chi connectivity index (χ1n) is 10.7. The number of anilines is 1. The number of nitrogens with two attached hydrogens (primary N) is 1. The number of carbonyl (C=O) groups is 1.